The second-order valence-corrected chi connectivity index (χ2v) is 6.34. The molecule has 0 saturated carbocycles. The van der Waals surface area contributed by atoms with E-state index in [1.165, 1.54) is 0 Å². The Labute approximate surface area is 126 Å². The van der Waals surface area contributed by atoms with E-state index < -0.39 is 0 Å². The highest BCUT2D eigenvalue weighted by Crippen LogP contribution is 2.38. The van der Waals surface area contributed by atoms with E-state index in [0.717, 1.165) is 38.8 Å². The number of hydrogen-bond donors (Lipinski definition) is 1. The van der Waals surface area contributed by atoms with E-state index in [9.17, 15) is 4.79 Å². The van der Waals surface area contributed by atoms with Crippen molar-refractivity contribution in [1.82, 2.24) is 10.2 Å². The minimum atomic E-state index is -0.0106. The predicted molar refractivity (Wildman–Crippen MR) is 82.3 cm³/mol. The van der Waals surface area contributed by atoms with E-state index in [-0.39, 0.29) is 17.6 Å². The molecule has 2 aliphatic heterocycles. The van der Waals surface area contributed by atoms with Crippen molar-refractivity contribution in [3.8, 4) is 0 Å². The lowest BCUT2D eigenvalue weighted by molar-refractivity contribution is -0.0724. The molecule has 1 aromatic rings. The molecule has 2 saturated heterocycles. The lowest BCUT2D eigenvalue weighted by atomic mass is 9.89. The van der Waals surface area contributed by atoms with Crippen LogP contribution >= 0.6 is 0 Å². The SMILES string of the molecule is CN1CCC2(CC[C@@H](CNC(=O)c3ccccc3)O2)CC1. The molecule has 114 valence electrons. The van der Waals surface area contributed by atoms with Crippen LogP contribution in [0.3, 0.4) is 0 Å². The van der Waals surface area contributed by atoms with Gasteiger partial charge in [-0.2, -0.15) is 0 Å². The van der Waals surface area contributed by atoms with Crippen molar-refractivity contribution < 1.29 is 9.53 Å². The molecule has 2 fully saturated rings. The number of piperidine rings is 1. The number of nitrogens with zero attached hydrogens (tertiary/aromatic N) is 1. The third kappa shape index (κ3) is 3.44. The van der Waals surface area contributed by atoms with Crippen LogP contribution in [0.15, 0.2) is 30.3 Å². The summed E-state index contributed by atoms with van der Waals surface area (Å²) < 4.78 is 6.28. The summed E-state index contributed by atoms with van der Waals surface area (Å²) in [5, 5.41) is 3.00. The number of nitrogens with one attached hydrogen (secondary N) is 1. The molecule has 4 nitrogen and oxygen atoms in total. The fourth-order valence-corrected chi connectivity index (χ4v) is 3.33. The first kappa shape index (κ1) is 14.5. The van der Waals surface area contributed by atoms with Crippen LogP contribution in [0.1, 0.15) is 36.0 Å². The number of carbonyl (C=O) groups is 1. The van der Waals surface area contributed by atoms with Crippen LogP contribution < -0.4 is 5.32 Å². The van der Waals surface area contributed by atoms with Gasteiger partial charge in [-0.1, -0.05) is 18.2 Å². The van der Waals surface area contributed by atoms with Gasteiger partial charge in [-0.05, 0) is 44.9 Å². The smallest absolute Gasteiger partial charge is 0.251 e. The molecule has 0 bridgehead atoms. The number of hydrogen-bond acceptors (Lipinski definition) is 3. The first-order valence-electron chi connectivity index (χ1n) is 7.87. The van der Waals surface area contributed by atoms with Crippen molar-refractivity contribution in [3.63, 3.8) is 0 Å². The van der Waals surface area contributed by atoms with Crippen LogP contribution in [0, 0.1) is 0 Å². The summed E-state index contributed by atoms with van der Waals surface area (Å²) in [4.78, 5) is 14.4. The number of likely N-dealkylation sites (tertiary alicyclic amines) is 1. The monoisotopic (exact) mass is 288 g/mol. The first-order valence-corrected chi connectivity index (χ1v) is 7.87. The normalized spacial score (nSPS) is 25.1. The molecule has 2 aliphatic rings. The third-order valence-corrected chi connectivity index (χ3v) is 4.76. The van der Waals surface area contributed by atoms with Crippen LogP contribution in [-0.4, -0.2) is 49.2 Å². The van der Waals surface area contributed by atoms with E-state index in [1.807, 2.05) is 30.3 Å². The standard InChI is InChI=1S/C17H24N2O2/c1-19-11-9-17(10-12-19)8-7-15(21-17)13-18-16(20)14-5-3-2-4-6-14/h2-6,15H,7-13H2,1H3,(H,18,20)/t15-/m0/s1. The van der Waals surface area contributed by atoms with Gasteiger partial charge in [0.05, 0.1) is 11.7 Å². The first-order chi connectivity index (χ1) is 10.2. The fourth-order valence-electron chi connectivity index (χ4n) is 3.33. The maximum atomic E-state index is 12.0. The Morgan fingerprint density at radius 3 is 2.71 bits per heavy atom. The highest BCUT2D eigenvalue weighted by molar-refractivity contribution is 5.94. The maximum Gasteiger partial charge on any atom is 0.251 e. The van der Waals surface area contributed by atoms with E-state index in [2.05, 4.69) is 17.3 Å². The minimum absolute atomic E-state index is 0.0106. The Kier molecular flexibility index (Phi) is 4.27. The maximum absolute atomic E-state index is 12.0. The van der Waals surface area contributed by atoms with Crippen molar-refractivity contribution in [2.45, 2.75) is 37.4 Å². The zero-order valence-electron chi connectivity index (χ0n) is 12.7. The number of ether oxygens (including phenoxy) is 1. The van der Waals surface area contributed by atoms with E-state index in [1.54, 1.807) is 0 Å². The molecule has 21 heavy (non-hydrogen) atoms. The molecule has 1 N–H and O–H groups in total. The van der Waals surface area contributed by atoms with Crippen molar-refractivity contribution in [3.05, 3.63) is 35.9 Å². The Hall–Kier alpha value is -1.39. The molecule has 1 spiro atoms. The number of carbonyl (C=O) groups excluding carboxylic acids is 1. The van der Waals surface area contributed by atoms with Gasteiger partial charge in [-0.15, -0.1) is 0 Å². The zero-order valence-corrected chi connectivity index (χ0v) is 12.7. The quantitative estimate of drug-likeness (QED) is 0.925. The van der Waals surface area contributed by atoms with Gasteiger partial charge in [-0.25, -0.2) is 0 Å². The number of benzene rings is 1. The Balaban J connectivity index is 1.48. The topological polar surface area (TPSA) is 41.6 Å². The summed E-state index contributed by atoms with van der Waals surface area (Å²) in [7, 11) is 2.17. The fraction of sp³-hybridized carbons (Fsp3) is 0.588. The van der Waals surface area contributed by atoms with Crippen molar-refractivity contribution in [1.29, 1.82) is 0 Å². The molecule has 4 heteroatoms. The second kappa shape index (κ2) is 6.16. The van der Waals surface area contributed by atoms with E-state index >= 15 is 0 Å². The summed E-state index contributed by atoms with van der Waals surface area (Å²) in [6, 6.07) is 9.36. The minimum Gasteiger partial charge on any atom is -0.370 e. The lowest BCUT2D eigenvalue weighted by Crippen LogP contribution is -2.43. The number of rotatable bonds is 3. The second-order valence-electron chi connectivity index (χ2n) is 6.34. The highest BCUT2D eigenvalue weighted by Gasteiger charge is 2.41. The van der Waals surface area contributed by atoms with Gasteiger partial charge >= 0.3 is 0 Å². The molecule has 3 rings (SSSR count). The summed E-state index contributed by atoms with van der Waals surface area (Å²) >= 11 is 0. The molecule has 0 aromatic heterocycles. The Morgan fingerprint density at radius 1 is 1.29 bits per heavy atom. The van der Waals surface area contributed by atoms with Crippen molar-refractivity contribution in [2.75, 3.05) is 26.7 Å². The summed E-state index contributed by atoms with van der Waals surface area (Å²) in [6.45, 7) is 2.84. The van der Waals surface area contributed by atoms with Crippen LogP contribution in [0.25, 0.3) is 0 Å². The zero-order chi connectivity index (χ0) is 14.7. The van der Waals surface area contributed by atoms with Crippen LogP contribution in [0.4, 0.5) is 0 Å². The molecule has 0 aliphatic carbocycles. The van der Waals surface area contributed by atoms with Gasteiger partial charge in [0.2, 0.25) is 0 Å². The van der Waals surface area contributed by atoms with E-state index in [4.69, 9.17) is 4.74 Å². The molecule has 1 atom stereocenters. The Bertz CT molecular complexity index is 481. The average Bonchev–Trinajstić information content (AvgIpc) is 2.92. The van der Waals surface area contributed by atoms with Gasteiger partial charge in [0.15, 0.2) is 0 Å². The predicted octanol–water partition coefficient (Wildman–Crippen LogP) is 2.06. The van der Waals surface area contributed by atoms with Gasteiger partial charge in [0, 0.05) is 25.2 Å². The molecular weight excluding hydrogens is 264 g/mol. The molecular formula is C17H24N2O2. The van der Waals surface area contributed by atoms with Crippen LogP contribution in [0.5, 0.6) is 0 Å². The van der Waals surface area contributed by atoms with Gasteiger partial charge in [0.25, 0.3) is 5.91 Å². The summed E-state index contributed by atoms with van der Waals surface area (Å²) in [5.41, 5.74) is 0.791. The Morgan fingerprint density at radius 2 is 2.00 bits per heavy atom. The van der Waals surface area contributed by atoms with Crippen molar-refractivity contribution in [2.24, 2.45) is 0 Å². The molecule has 0 unspecified atom stereocenters. The third-order valence-electron chi connectivity index (χ3n) is 4.76. The lowest BCUT2D eigenvalue weighted by Gasteiger charge is -2.37. The molecule has 2 heterocycles. The number of amides is 1. The highest BCUT2D eigenvalue weighted by atomic mass is 16.5. The summed E-state index contributed by atoms with van der Waals surface area (Å²) in [6.07, 6.45) is 4.59. The van der Waals surface area contributed by atoms with Crippen LogP contribution in [-0.2, 0) is 4.74 Å². The molecule has 1 aromatic carbocycles. The molecule has 0 radical (unpaired) electrons. The summed E-state index contributed by atoms with van der Waals surface area (Å²) in [5.74, 6) is -0.0106. The van der Waals surface area contributed by atoms with Gasteiger partial charge in [0.1, 0.15) is 0 Å². The van der Waals surface area contributed by atoms with Gasteiger partial charge < -0.3 is 15.0 Å². The van der Waals surface area contributed by atoms with Gasteiger partial charge in [-0.3, -0.25) is 4.79 Å². The van der Waals surface area contributed by atoms with Crippen molar-refractivity contribution >= 4 is 5.91 Å². The molecule has 1 amide bonds. The average molecular weight is 288 g/mol. The van der Waals surface area contributed by atoms with E-state index in [0.29, 0.717) is 12.1 Å². The largest absolute Gasteiger partial charge is 0.370 e. The van der Waals surface area contributed by atoms with Crippen LogP contribution in [0.2, 0.25) is 0 Å².